The number of hydrogen-bond donors (Lipinski definition) is 8. The Kier molecular flexibility index (Phi) is 38.7. The molecule has 0 bridgehead atoms. The van der Waals surface area contributed by atoms with Crippen molar-refractivity contribution in [3.63, 3.8) is 0 Å². The summed E-state index contributed by atoms with van der Waals surface area (Å²) < 4.78 is 11.1. The lowest BCUT2D eigenvalue weighted by atomic mass is 9.98. The summed E-state index contributed by atoms with van der Waals surface area (Å²) in [6.45, 7) is 3.47. The second kappa shape index (κ2) is 40.6. The third kappa shape index (κ3) is 30.0. The molecule has 0 saturated carbocycles. The third-order valence-electron chi connectivity index (χ3n) is 12.9. The summed E-state index contributed by atoms with van der Waals surface area (Å²) in [5, 5.41) is 75.9. The number of carbonyl (C=O) groups excluding carboxylic acids is 1. The number of aliphatic hydroxyl groups is 7. The minimum Gasteiger partial charge on any atom is -0.394 e. The predicted molar refractivity (Wildman–Crippen MR) is 247 cm³/mol. The fourth-order valence-electron chi connectivity index (χ4n) is 8.62. The lowest BCUT2D eigenvalue weighted by Crippen LogP contribution is -2.60. The van der Waals surface area contributed by atoms with Crippen LogP contribution in [-0.2, 0) is 14.3 Å². The van der Waals surface area contributed by atoms with Gasteiger partial charge >= 0.3 is 0 Å². The van der Waals surface area contributed by atoms with Crippen molar-refractivity contribution in [1.82, 2.24) is 5.32 Å². The Bertz CT molecular complexity index is 959. The van der Waals surface area contributed by atoms with Gasteiger partial charge in [0.25, 0.3) is 0 Å². The molecule has 364 valence electrons. The van der Waals surface area contributed by atoms with Crippen molar-refractivity contribution in [2.45, 2.75) is 300 Å². The van der Waals surface area contributed by atoms with E-state index in [1.807, 2.05) is 0 Å². The zero-order valence-electron chi connectivity index (χ0n) is 39.4. The van der Waals surface area contributed by atoms with Crippen molar-refractivity contribution in [3.8, 4) is 0 Å². The van der Waals surface area contributed by atoms with Gasteiger partial charge in [0.1, 0.15) is 36.6 Å². The second-order valence-corrected chi connectivity index (χ2v) is 18.6. The van der Waals surface area contributed by atoms with E-state index in [1.54, 1.807) is 0 Å². The lowest BCUT2D eigenvalue weighted by Gasteiger charge is -2.40. The van der Waals surface area contributed by atoms with E-state index in [9.17, 15) is 40.5 Å². The normalized spacial score (nSPS) is 21.4. The van der Waals surface area contributed by atoms with E-state index in [4.69, 9.17) is 9.47 Å². The van der Waals surface area contributed by atoms with Gasteiger partial charge in [-0.15, -0.1) is 0 Å². The number of rotatable bonds is 44. The van der Waals surface area contributed by atoms with Crippen molar-refractivity contribution in [2.75, 3.05) is 13.2 Å². The second-order valence-electron chi connectivity index (χ2n) is 18.6. The number of hydrogen-bond acceptors (Lipinski definition) is 10. The first-order chi connectivity index (χ1) is 29.7. The van der Waals surface area contributed by atoms with Gasteiger partial charge < -0.3 is 50.5 Å². The molecule has 1 saturated heterocycles. The largest absolute Gasteiger partial charge is 0.394 e. The fraction of sp³-hybridized carbons (Fsp3) is 0.980. The first-order valence-corrected chi connectivity index (χ1v) is 25.9. The highest BCUT2D eigenvalue weighted by Crippen LogP contribution is 2.23. The molecule has 1 heterocycles. The first-order valence-electron chi connectivity index (χ1n) is 25.9. The summed E-state index contributed by atoms with van der Waals surface area (Å²) in [7, 11) is 0. The standard InChI is InChI=1S/C50H99NO10/c1-3-5-7-9-11-13-15-17-19-20-21-22-24-26-28-30-32-34-36-38-43(54)49(59)51-41(40-60-50-48(58)47(57)46(56)44(39-52)61-50)45(55)42(53)37-35-33-31-29-27-25-23-18-16-14-12-10-8-6-4-2/h41-48,50,52-58H,3-40H2,1-2H3,(H,51,59)/t41-,42+,43+,44+,45-,46-,47-,48+,50-/m0/s1. The van der Waals surface area contributed by atoms with Crippen LogP contribution in [0.5, 0.6) is 0 Å². The van der Waals surface area contributed by atoms with Crippen molar-refractivity contribution < 1.29 is 50.0 Å². The van der Waals surface area contributed by atoms with Crippen LogP contribution in [0.25, 0.3) is 0 Å². The van der Waals surface area contributed by atoms with Gasteiger partial charge in [0, 0.05) is 0 Å². The SMILES string of the molecule is CCCCCCCCCCCCCCCCCCCCC[C@@H](O)C(=O)N[C@@H](CO[C@H]1O[C@H](CO)[C@H](O)[C@H](O)[C@H]1O)[C@H](O)[C@H](O)CCCCCCCCCCCCCCCCC. The van der Waals surface area contributed by atoms with E-state index in [1.165, 1.54) is 167 Å². The van der Waals surface area contributed by atoms with E-state index >= 15 is 0 Å². The summed E-state index contributed by atoms with van der Waals surface area (Å²) in [4.78, 5) is 13.1. The maximum absolute atomic E-state index is 13.1. The minimum atomic E-state index is -1.66. The van der Waals surface area contributed by atoms with Gasteiger partial charge in [-0.2, -0.15) is 0 Å². The van der Waals surface area contributed by atoms with Crippen LogP contribution in [0.1, 0.15) is 245 Å². The Labute approximate surface area is 373 Å². The van der Waals surface area contributed by atoms with Crippen LogP contribution in [0.15, 0.2) is 0 Å². The first kappa shape index (κ1) is 58.1. The van der Waals surface area contributed by atoms with Gasteiger partial charge in [-0.3, -0.25) is 4.79 Å². The fourth-order valence-corrected chi connectivity index (χ4v) is 8.62. The zero-order valence-corrected chi connectivity index (χ0v) is 39.4. The summed E-state index contributed by atoms with van der Waals surface area (Å²) in [5.74, 6) is -0.692. The average molecular weight is 874 g/mol. The average Bonchev–Trinajstić information content (AvgIpc) is 3.26. The summed E-state index contributed by atoms with van der Waals surface area (Å²) in [5.41, 5.74) is 0. The number of amides is 1. The minimum absolute atomic E-state index is 0.267. The molecular weight excluding hydrogens is 775 g/mol. The molecule has 1 aliphatic rings. The number of unbranched alkanes of at least 4 members (excludes halogenated alkanes) is 32. The highest BCUT2D eigenvalue weighted by Gasteiger charge is 2.44. The van der Waals surface area contributed by atoms with E-state index in [-0.39, 0.29) is 6.42 Å². The number of ether oxygens (including phenoxy) is 2. The number of nitrogens with one attached hydrogen (secondary N) is 1. The Morgan fingerprint density at radius 2 is 0.852 bits per heavy atom. The van der Waals surface area contributed by atoms with E-state index in [0.29, 0.717) is 19.3 Å². The van der Waals surface area contributed by atoms with Crippen molar-refractivity contribution in [1.29, 1.82) is 0 Å². The molecule has 11 nitrogen and oxygen atoms in total. The van der Waals surface area contributed by atoms with Crippen molar-refractivity contribution in [2.24, 2.45) is 0 Å². The van der Waals surface area contributed by atoms with Crippen molar-refractivity contribution >= 4 is 5.91 Å². The maximum atomic E-state index is 13.1. The van der Waals surface area contributed by atoms with Gasteiger partial charge in [-0.25, -0.2) is 0 Å². The molecular formula is C50H99NO10. The molecule has 1 rings (SSSR count). The van der Waals surface area contributed by atoms with Crippen LogP contribution in [0.3, 0.4) is 0 Å². The predicted octanol–water partition coefficient (Wildman–Crippen LogP) is 9.45. The molecule has 1 amide bonds. The van der Waals surface area contributed by atoms with Gasteiger partial charge in [-0.05, 0) is 12.8 Å². The highest BCUT2D eigenvalue weighted by atomic mass is 16.7. The smallest absolute Gasteiger partial charge is 0.249 e. The van der Waals surface area contributed by atoms with Crippen LogP contribution in [0.4, 0.5) is 0 Å². The van der Waals surface area contributed by atoms with Gasteiger partial charge in [0.2, 0.25) is 5.91 Å². The summed E-state index contributed by atoms with van der Waals surface area (Å²) >= 11 is 0. The number of aliphatic hydroxyl groups excluding tert-OH is 7. The maximum Gasteiger partial charge on any atom is 0.249 e. The Morgan fingerprint density at radius 1 is 0.508 bits per heavy atom. The molecule has 9 atom stereocenters. The zero-order chi connectivity index (χ0) is 44.8. The molecule has 1 aliphatic heterocycles. The van der Waals surface area contributed by atoms with E-state index in [0.717, 1.165) is 38.5 Å². The molecule has 0 aromatic rings. The van der Waals surface area contributed by atoms with Gasteiger partial charge in [-0.1, -0.05) is 232 Å². The molecule has 1 fully saturated rings. The molecule has 0 spiro atoms. The molecule has 61 heavy (non-hydrogen) atoms. The highest BCUT2D eigenvalue weighted by molar-refractivity contribution is 5.80. The quantitative estimate of drug-likeness (QED) is 0.0274. The van der Waals surface area contributed by atoms with Crippen LogP contribution < -0.4 is 5.32 Å². The molecule has 11 heteroatoms. The van der Waals surface area contributed by atoms with Crippen LogP contribution in [0.2, 0.25) is 0 Å². The van der Waals surface area contributed by atoms with Crippen LogP contribution >= 0.6 is 0 Å². The van der Waals surface area contributed by atoms with Crippen molar-refractivity contribution in [3.05, 3.63) is 0 Å². The lowest BCUT2D eigenvalue weighted by molar-refractivity contribution is -0.303. The van der Waals surface area contributed by atoms with E-state index < -0.39 is 74.2 Å². The topological polar surface area (TPSA) is 189 Å². The molecule has 0 aromatic heterocycles. The molecule has 8 N–H and O–H groups in total. The summed E-state index contributed by atoms with van der Waals surface area (Å²) in [6.07, 6.45) is 31.4. The Hall–Kier alpha value is -0.890. The van der Waals surface area contributed by atoms with E-state index in [2.05, 4.69) is 19.2 Å². The molecule has 0 unspecified atom stereocenters. The molecule has 0 aromatic carbocycles. The monoisotopic (exact) mass is 874 g/mol. The molecule has 0 radical (unpaired) electrons. The van der Waals surface area contributed by atoms with Crippen LogP contribution in [-0.4, -0.2) is 110 Å². The summed E-state index contributed by atoms with van der Waals surface area (Å²) in [6, 6.07) is -1.16. The van der Waals surface area contributed by atoms with Gasteiger partial charge in [0.05, 0.1) is 25.4 Å². The van der Waals surface area contributed by atoms with Gasteiger partial charge in [0.15, 0.2) is 6.29 Å². The third-order valence-corrected chi connectivity index (χ3v) is 12.9. The molecule has 0 aliphatic carbocycles. The number of carbonyl (C=O) groups is 1. The Balaban J connectivity index is 2.37. The van der Waals surface area contributed by atoms with Crippen LogP contribution in [0, 0.1) is 0 Å². The Morgan fingerprint density at radius 3 is 1.21 bits per heavy atom.